The smallest absolute Gasteiger partial charge is 0.253 e. The number of sulfonamides is 1. The van der Waals surface area contributed by atoms with Crippen LogP contribution >= 0.6 is 0 Å². The summed E-state index contributed by atoms with van der Waals surface area (Å²) in [4.78, 5) is -0.0264. The first kappa shape index (κ1) is 14.0. The molecule has 3 N–H and O–H groups in total. The molecule has 0 aromatic heterocycles. The molecular formula is C10H14F2N2O2S. The van der Waals surface area contributed by atoms with Crippen molar-refractivity contribution in [3.05, 3.63) is 29.8 Å². The molecule has 7 heteroatoms. The maximum atomic E-state index is 12.2. The Morgan fingerprint density at radius 3 is 2.59 bits per heavy atom. The van der Waals surface area contributed by atoms with Crippen LogP contribution in [0.1, 0.15) is 12.5 Å². The monoisotopic (exact) mass is 264 g/mol. The molecule has 0 spiro atoms. The van der Waals surface area contributed by atoms with Crippen LogP contribution in [0.4, 0.5) is 8.78 Å². The third kappa shape index (κ3) is 4.37. The molecular weight excluding hydrogens is 250 g/mol. The van der Waals surface area contributed by atoms with Gasteiger partial charge in [-0.25, -0.2) is 22.3 Å². The Kier molecular flexibility index (Phi) is 4.55. The summed E-state index contributed by atoms with van der Waals surface area (Å²) >= 11 is 0. The second kappa shape index (κ2) is 5.52. The number of halogens is 2. The lowest BCUT2D eigenvalue weighted by Crippen LogP contribution is -2.32. The summed E-state index contributed by atoms with van der Waals surface area (Å²) in [5.74, 6) is 0. The second-order valence-corrected chi connectivity index (χ2v) is 5.26. The third-order valence-corrected chi connectivity index (χ3v) is 3.14. The highest BCUT2D eigenvalue weighted by Crippen LogP contribution is 2.10. The van der Waals surface area contributed by atoms with Gasteiger partial charge < -0.3 is 5.32 Å². The number of nitrogens with one attached hydrogen (secondary N) is 1. The molecule has 17 heavy (non-hydrogen) atoms. The number of rotatable bonds is 5. The van der Waals surface area contributed by atoms with E-state index in [4.69, 9.17) is 5.14 Å². The fourth-order valence-corrected chi connectivity index (χ4v) is 1.78. The molecule has 0 radical (unpaired) electrons. The van der Waals surface area contributed by atoms with E-state index in [9.17, 15) is 17.2 Å². The minimum Gasteiger partial charge on any atom is -0.305 e. The van der Waals surface area contributed by atoms with Gasteiger partial charge in [0, 0.05) is 6.54 Å². The molecule has 4 nitrogen and oxygen atoms in total. The predicted octanol–water partition coefficient (Wildman–Crippen LogP) is 1.08. The van der Waals surface area contributed by atoms with Crippen LogP contribution in [-0.4, -0.2) is 20.9 Å². The van der Waals surface area contributed by atoms with E-state index in [2.05, 4.69) is 5.32 Å². The summed E-state index contributed by atoms with van der Waals surface area (Å²) in [6.45, 7) is 1.52. The van der Waals surface area contributed by atoms with Gasteiger partial charge in [-0.3, -0.25) is 0 Å². The molecule has 0 aliphatic rings. The first-order valence-electron chi connectivity index (χ1n) is 4.94. The molecule has 0 saturated carbocycles. The Morgan fingerprint density at radius 2 is 2.06 bits per heavy atom. The van der Waals surface area contributed by atoms with Crippen molar-refractivity contribution >= 4 is 10.0 Å². The summed E-state index contributed by atoms with van der Waals surface area (Å²) in [5, 5.41) is 7.55. The molecule has 0 heterocycles. The van der Waals surface area contributed by atoms with Crippen molar-refractivity contribution in [3.63, 3.8) is 0 Å². The van der Waals surface area contributed by atoms with E-state index in [0.29, 0.717) is 5.56 Å². The molecule has 1 unspecified atom stereocenters. The van der Waals surface area contributed by atoms with Crippen LogP contribution in [0.3, 0.4) is 0 Å². The van der Waals surface area contributed by atoms with Crippen molar-refractivity contribution in [1.82, 2.24) is 5.32 Å². The van der Waals surface area contributed by atoms with Crippen LogP contribution < -0.4 is 10.5 Å². The summed E-state index contributed by atoms with van der Waals surface area (Å²) in [5.41, 5.74) is 0.587. The summed E-state index contributed by atoms with van der Waals surface area (Å²) in [7, 11) is -3.76. The van der Waals surface area contributed by atoms with Crippen LogP contribution in [-0.2, 0) is 16.6 Å². The largest absolute Gasteiger partial charge is 0.305 e. The van der Waals surface area contributed by atoms with Gasteiger partial charge in [0.05, 0.1) is 10.9 Å². The Balaban J connectivity index is 2.74. The molecule has 1 atom stereocenters. The normalized spacial score (nSPS) is 13.9. The Labute approximate surface area is 98.9 Å². The predicted molar refractivity (Wildman–Crippen MR) is 60.1 cm³/mol. The molecule has 1 aromatic rings. The summed E-state index contributed by atoms with van der Waals surface area (Å²) < 4.78 is 46.6. The zero-order valence-electron chi connectivity index (χ0n) is 9.23. The van der Waals surface area contributed by atoms with E-state index in [1.807, 2.05) is 0 Å². The summed E-state index contributed by atoms with van der Waals surface area (Å²) in [6, 6.07) is 4.92. The van der Waals surface area contributed by atoms with Gasteiger partial charge in [-0.1, -0.05) is 12.1 Å². The van der Waals surface area contributed by atoms with E-state index in [1.165, 1.54) is 25.1 Å². The lowest BCUT2D eigenvalue weighted by Gasteiger charge is -2.12. The molecule has 96 valence electrons. The van der Waals surface area contributed by atoms with Gasteiger partial charge in [0.1, 0.15) is 0 Å². The van der Waals surface area contributed by atoms with Crippen LogP contribution in [0.2, 0.25) is 0 Å². The molecule has 1 aromatic carbocycles. The zero-order valence-corrected chi connectivity index (χ0v) is 10.0. The highest BCUT2D eigenvalue weighted by atomic mass is 32.2. The van der Waals surface area contributed by atoms with E-state index in [-0.39, 0.29) is 11.4 Å². The summed E-state index contributed by atoms with van der Waals surface area (Å²) in [6.07, 6.45) is -2.46. The van der Waals surface area contributed by atoms with E-state index in [1.54, 1.807) is 6.07 Å². The van der Waals surface area contributed by atoms with Gasteiger partial charge in [-0.2, -0.15) is 0 Å². The zero-order chi connectivity index (χ0) is 13.1. The topological polar surface area (TPSA) is 72.2 Å². The molecule has 0 amide bonds. The second-order valence-electron chi connectivity index (χ2n) is 3.70. The Hall–Kier alpha value is -1.05. The van der Waals surface area contributed by atoms with E-state index in [0.717, 1.165) is 0 Å². The Bertz CT molecular complexity index is 477. The SMILES string of the molecule is CC(NCc1cccc(S(N)(=O)=O)c1)C(F)F. The van der Waals surface area contributed by atoms with Crippen molar-refractivity contribution in [2.24, 2.45) is 5.14 Å². The first-order valence-corrected chi connectivity index (χ1v) is 6.48. The number of alkyl halides is 2. The van der Waals surface area contributed by atoms with Crippen LogP contribution in [0, 0.1) is 0 Å². The molecule has 0 fully saturated rings. The fraction of sp³-hybridized carbons (Fsp3) is 0.400. The highest BCUT2D eigenvalue weighted by molar-refractivity contribution is 7.89. The quantitative estimate of drug-likeness (QED) is 0.835. The average molecular weight is 264 g/mol. The number of primary sulfonamides is 1. The lowest BCUT2D eigenvalue weighted by atomic mass is 10.2. The molecule has 0 saturated heterocycles. The van der Waals surface area contributed by atoms with E-state index < -0.39 is 22.5 Å². The minimum atomic E-state index is -3.76. The highest BCUT2D eigenvalue weighted by Gasteiger charge is 2.14. The maximum absolute atomic E-state index is 12.2. The van der Waals surface area contributed by atoms with Crippen molar-refractivity contribution in [2.75, 3.05) is 0 Å². The number of nitrogens with two attached hydrogens (primary N) is 1. The molecule has 1 rings (SSSR count). The van der Waals surface area contributed by atoms with Crippen molar-refractivity contribution in [1.29, 1.82) is 0 Å². The minimum absolute atomic E-state index is 0.0264. The fourth-order valence-electron chi connectivity index (χ4n) is 1.20. The lowest BCUT2D eigenvalue weighted by molar-refractivity contribution is 0.105. The van der Waals surface area contributed by atoms with Crippen molar-refractivity contribution in [3.8, 4) is 0 Å². The number of hydrogen-bond acceptors (Lipinski definition) is 3. The van der Waals surface area contributed by atoms with Gasteiger partial charge in [0.2, 0.25) is 10.0 Å². The van der Waals surface area contributed by atoms with Crippen LogP contribution in [0.5, 0.6) is 0 Å². The Morgan fingerprint density at radius 1 is 1.41 bits per heavy atom. The third-order valence-electron chi connectivity index (χ3n) is 2.23. The van der Waals surface area contributed by atoms with Crippen LogP contribution in [0.25, 0.3) is 0 Å². The van der Waals surface area contributed by atoms with Crippen molar-refractivity contribution < 1.29 is 17.2 Å². The molecule has 0 aliphatic carbocycles. The van der Waals surface area contributed by atoms with Gasteiger partial charge in [0.15, 0.2) is 0 Å². The van der Waals surface area contributed by atoms with E-state index >= 15 is 0 Å². The van der Waals surface area contributed by atoms with Gasteiger partial charge in [-0.05, 0) is 24.6 Å². The standard InChI is InChI=1S/C10H14F2N2O2S/c1-7(10(11)12)14-6-8-3-2-4-9(5-8)17(13,15)16/h2-5,7,10,14H,6H2,1H3,(H2,13,15,16). The molecule has 0 bridgehead atoms. The average Bonchev–Trinajstić information content (AvgIpc) is 2.25. The number of hydrogen-bond donors (Lipinski definition) is 2. The van der Waals surface area contributed by atoms with Crippen molar-refractivity contribution in [2.45, 2.75) is 30.8 Å². The molecule has 0 aliphatic heterocycles. The van der Waals surface area contributed by atoms with Gasteiger partial charge >= 0.3 is 0 Å². The van der Waals surface area contributed by atoms with Gasteiger partial charge in [0.25, 0.3) is 6.43 Å². The van der Waals surface area contributed by atoms with Gasteiger partial charge in [-0.15, -0.1) is 0 Å². The number of benzene rings is 1. The maximum Gasteiger partial charge on any atom is 0.253 e. The first-order chi connectivity index (χ1) is 7.80. The van der Waals surface area contributed by atoms with Crippen LogP contribution in [0.15, 0.2) is 29.2 Å².